The van der Waals surface area contributed by atoms with Gasteiger partial charge in [0.05, 0.1) is 12.2 Å². The third-order valence-corrected chi connectivity index (χ3v) is 6.32. The maximum atomic E-state index is 5.74. The minimum Gasteiger partial charge on any atom is -0.322 e. The van der Waals surface area contributed by atoms with Crippen molar-refractivity contribution in [1.82, 2.24) is 14.3 Å². The molecule has 0 atom stereocenters. The van der Waals surface area contributed by atoms with Crippen LogP contribution in [0.1, 0.15) is 16.7 Å². The lowest BCUT2D eigenvalue weighted by atomic mass is 10.1. The first-order valence-electron chi connectivity index (χ1n) is 10.7. The quantitative estimate of drug-likeness (QED) is 0.591. The van der Waals surface area contributed by atoms with Crippen LogP contribution in [0.4, 0.5) is 0 Å². The van der Waals surface area contributed by atoms with Crippen molar-refractivity contribution in [1.29, 1.82) is 0 Å². The molecule has 0 unspecified atom stereocenters. The van der Waals surface area contributed by atoms with Gasteiger partial charge in [-0.1, -0.05) is 48.5 Å². The minimum atomic E-state index is 0.775. The molecule has 1 fully saturated rings. The van der Waals surface area contributed by atoms with Crippen molar-refractivity contribution in [2.24, 2.45) is 0 Å². The van der Waals surface area contributed by atoms with Crippen LogP contribution < -0.4 is 9.80 Å². The van der Waals surface area contributed by atoms with Crippen molar-refractivity contribution < 1.29 is 9.80 Å². The van der Waals surface area contributed by atoms with E-state index >= 15 is 0 Å². The first kappa shape index (κ1) is 20.7. The van der Waals surface area contributed by atoms with Gasteiger partial charge in [-0.3, -0.25) is 4.57 Å². The van der Waals surface area contributed by atoms with Gasteiger partial charge in [-0.05, 0) is 54.9 Å². The first-order valence-corrected chi connectivity index (χ1v) is 11.1. The summed E-state index contributed by atoms with van der Waals surface area (Å²) in [6.07, 6.45) is 6.39. The Hall–Kier alpha value is -2.54. The highest BCUT2D eigenvalue weighted by Gasteiger charge is 2.23. The molecule has 0 saturated carbocycles. The Labute approximate surface area is 183 Å². The van der Waals surface area contributed by atoms with E-state index in [9.17, 15) is 0 Å². The lowest BCUT2D eigenvalue weighted by Crippen LogP contribution is -3.27. The zero-order chi connectivity index (χ0) is 20.9. The molecule has 0 aliphatic carbocycles. The fourth-order valence-electron chi connectivity index (χ4n) is 4.05. The molecular formula is C24H31N5S+2. The van der Waals surface area contributed by atoms with Crippen LogP contribution >= 0.6 is 12.2 Å². The van der Waals surface area contributed by atoms with Crippen LogP contribution in [0.3, 0.4) is 0 Å². The van der Waals surface area contributed by atoms with Crippen molar-refractivity contribution in [3.8, 4) is 5.69 Å². The summed E-state index contributed by atoms with van der Waals surface area (Å²) in [5.41, 5.74) is 4.84. The second kappa shape index (κ2) is 9.51. The second-order valence-corrected chi connectivity index (χ2v) is 8.61. The summed E-state index contributed by atoms with van der Waals surface area (Å²) < 4.78 is 4.79. The summed E-state index contributed by atoms with van der Waals surface area (Å²) in [4.78, 5) is 3.20. The standard InChI is InChI=1S/C24H29N5S/c1-20-10-11-21(2)23(17-20)28-18-25-29(24(28)30)19-27-15-13-26(14-16-27)12-6-9-22-7-4-3-5-8-22/h3-11,17-18H,12-16,19H2,1-2H3/p+2/b9-6+. The number of quaternary nitrogens is 2. The zero-order valence-corrected chi connectivity index (χ0v) is 18.7. The molecule has 0 amide bonds. The normalized spacial score (nSPS) is 19.4. The predicted molar refractivity (Wildman–Crippen MR) is 124 cm³/mol. The summed E-state index contributed by atoms with van der Waals surface area (Å²) in [5.74, 6) is 0. The Morgan fingerprint density at radius 2 is 1.73 bits per heavy atom. The van der Waals surface area contributed by atoms with Gasteiger partial charge in [-0.25, -0.2) is 0 Å². The Bertz CT molecular complexity index is 1060. The van der Waals surface area contributed by atoms with Gasteiger partial charge in [0, 0.05) is 0 Å². The van der Waals surface area contributed by atoms with Crippen LogP contribution in [0.2, 0.25) is 0 Å². The molecule has 2 N–H and O–H groups in total. The van der Waals surface area contributed by atoms with E-state index in [1.807, 2.05) is 15.6 Å². The smallest absolute Gasteiger partial charge is 0.207 e. The summed E-state index contributed by atoms with van der Waals surface area (Å²) in [6.45, 7) is 10.8. The van der Waals surface area contributed by atoms with Gasteiger partial charge in [0.15, 0.2) is 6.67 Å². The molecule has 2 heterocycles. The van der Waals surface area contributed by atoms with E-state index in [4.69, 9.17) is 12.2 Å². The van der Waals surface area contributed by atoms with Crippen LogP contribution in [0.15, 0.2) is 60.9 Å². The second-order valence-electron chi connectivity index (χ2n) is 8.25. The number of benzene rings is 2. The van der Waals surface area contributed by atoms with Crippen LogP contribution in [0, 0.1) is 18.6 Å². The highest BCUT2D eigenvalue weighted by molar-refractivity contribution is 7.71. The Balaban J connectivity index is 1.32. The average Bonchev–Trinajstić information content (AvgIpc) is 3.12. The lowest BCUT2D eigenvalue weighted by molar-refractivity contribution is -1.02. The molecule has 30 heavy (non-hydrogen) atoms. The summed E-state index contributed by atoms with van der Waals surface area (Å²) in [5, 5.41) is 4.60. The highest BCUT2D eigenvalue weighted by Crippen LogP contribution is 2.16. The highest BCUT2D eigenvalue weighted by atomic mass is 32.1. The molecule has 0 radical (unpaired) electrons. The van der Waals surface area contributed by atoms with Gasteiger partial charge < -0.3 is 9.80 Å². The van der Waals surface area contributed by atoms with E-state index in [2.05, 4.69) is 79.6 Å². The van der Waals surface area contributed by atoms with Crippen LogP contribution in [-0.2, 0) is 6.67 Å². The number of hydrogen-bond acceptors (Lipinski definition) is 2. The molecule has 6 heteroatoms. The van der Waals surface area contributed by atoms with E-state index in [1.165, 1.54) is 29.8 Å². The monoisotopic (exact) mass is 421 g/mol. The van der Waals surface area contributed by atoms with Gasteiger partial charge in [0.2, 0.25) is 4.77 Å². The molecule has 0 spiro atoms. The predicted octanol–water partition coefficient (Wildman–Crippen LogP) is 1.47. The number of rotatable bonds is 6. The molecule has 4 rings (SSSR count). The summed E-state index contributed by atoms with van der Waals surface area (Å²) in [7, 11) is 0. The van der Waals surface area contributed by atoms with Crippen LogP contribution in [0.5, 0.6) is 0 Å². The molecule has 1 aromatic heterocycles. The topological polar surface area (TPSA) is 31.6 Å². The van der Waals surface area contributed by atoms with Crippen LogP contribution in [-0.4, -0.2) is 47.1 Å². The summed E-state index contributed by atoms with van der Waals surface area (Å²) >= 11 is 5.74. The number of nitrogens with one attached hydrogen (secondary N) is 2. The Kier molecular flexibility index (Phi) is 6.57. The minimum absolute atomic E-state index is 0.775. The van der Waals surface area contributed by atoms with Gasteiger partial charge in [0.1, 0.15) is 32.5 Å². The largest absolute Gasteiger partial charge is 0.322 e. The van der Waals surface area contributed by atoms with Crippen molar-refractivity contribution >= 4 is 18.3 Å². The van der Waals surface area contributed by atoms with Crippen LogP contribution in [0.25, 0.3) is 11.8 Å². The molecular weight excluding hydrogens is 390 g/mol. The van der Waals surface area contributed by atoms with Crippen molar-refractivity contribution in [3.05, 3.63) is 82.4 Å². The molecule has 1 saturated heterocycles. The number of nitrogens with zero attached hydrogens (tertiary/aromatic N) is 3. The number of piperazine rings is 1. The van der Waals surface area contributed by atoms with E-state index in [1.54, 1.807) is 9.80 Å². The molecule has 5 nitrogen and oxygen atoms in total. The number of aromatic nitrogens is 3. The average molecular weight is 422 g/mol. The van der Waals surface area contributed by atoms with Gasteiger partial charge in [-0.15, -0.1) is 0 Å². The molecule has 2 aromatic carbocycles. The van der Waals surface area contributed by atoms with E-state index < -0.39 is 0 Å². The van der Waals surface area contributed by atoms with Crippen molar-refractivity contribution in [3.63, 3.8) is 0 Å². The van der Waals surface area contributed by atoms with E-state index in [-0.39, 0.29) is 0 Å². The maximum absolute atomic E-state index is 5.74. The number of aryl methyl sites for hydroxylation is 2. The van der Waals surface area contributed by atoms with Gasteiger partial charge >= 0.3 is 0 Å². The molecule has 156 valence electrons. The molecule has 0 bridgehead atoms. The molecule has 1 aliphatic heterocycles. The maximum Gasteiger partial charge on any atom is 0.207 e. The Morgan fingerprint density at radius 3 is 2.50 bits per heavy atom. The lowest BCUT2D eigenvalue weighted by Gasteiger charge is -2.28. The fraction of sp³-hybridized carbons (Fsp3) is 0.333. The molecule has 3 aromatic rings. The fourth-order valence-corrected chi connectivity index (χ4v) is 4.30. The van der Waals surface area contributed by atoms with E-state index in [0.717, 1.165) is 36.8 Å². The number of hydrogen-bond donors (Lipinski definition) is 2. The van der Waals surface area contributed by atoms with Gasteiger partial charge in [0.25, 0.3) is 0 Å². The van der Waals surface area contributed by atoms with Crippen molar-refractivity contribution in [2.75, 3.05) is 32.7 Å². The van der Waals surface area contributed by atoms with Gasteiger partial charge in [-0.2, -0.15) is 9.78 Å². The third kappa shape index (κ3) is 4.95. The van der Waals surface area contributed by atoms with Crippen molar-refractivity contribution in [2.45, 2.75) is 20.5 Å². The summed E-state index contributed by atoms with van der Waals surface area (Å²) in [6, 6.07) is 17.0. The third-order valence-electron chi connectivity index (χ3n) is 5.91. The SMILES string of the molecule is Cc1ccc(C)c(-n2cnn(C[NH+]3CC[NH+](C/C=C/c4ccccc4)CC3)c2=S)c1. The zero-order valence-electron chi connectivity index (χ0n) is 17.8. The van der Waals surface area contributed by atoms with E-state index in [0.29, 0.717) is 0 Å². The Morgan fingerprint density at radius 1 is 1.00 bits per heavy atom. The molecule has 1 aliphatic rings. The first-order chi connectivity index (χ1) is 14.6.